The van der Waals surface area contributed by atoms with Crippen LogP contribution in [0.4, 0.5) is 0 Å². The normalized spacial score (nSPS) is 18.4. The van der Waals surface area contributed by atoms with E-state index in [1.54, 1.807) is 6.92 Å². The molecule has 6 nitrogen and oxygen atoms in total. The lowest BCUT2D eigenvalue weighted by Gasteiger charge is -2.24. The molecular formula is C23H31NO5. The number of benzene rings is 2. The first-order valence-corrected chi connectivity index (χ1v) is 10.2. The van der Waals surface area contributed by atoms with Gasteiger partial charge in [-0.15, -0.1) is 0 Å². The Balaban J connectivity index is 1.58. The fraction of sp³-hybridized carbons (Fsp3) is 0.478. The smallest absolute Gasteiger partial charge is 0.161 e. The summed E-state index contributed by atoms with van der Waals surface area (Å²) < 4.78 is 23.1. The zero-order chi connectivity index (χ0) is 20.3. The first-order valence-electron chi connectivity index (χ1n) is 10.2. The molecule has 6 heteroatoms. The monoisotopic (exact) mass is 401 g/mol. The minimum absolute atomic E-state index is 0.474. The van der Waals surface area contributed by atoms with Crippen LogP contribution in [-0.2, 0) is 16.0 Å². The van der Waals surface area contributed by atoms with Crippen molar-refractivity contribution in [3.8, 4) is 11.5 Å². The number of para-hydroxylation sites is 2. The van der Waals surface area contributed by atoms with E-state index in [0.29, 0.717) is 39.6 Å². The highest BCUT2D eigenvalue weighted by Gasteiger charge is 2.12. The van der Waals surface area contributed by atoms with Crippen LogP contribution in [0, 0.1) is 0 Å². The maximum atomic E-state index is 10.0. The molecule has 3 rings (SSSR count). The van der Waals surface area contributed by atoms with Crippen LogP contribution in [-0.4, -0.2) is 62.7 Å². The number of aliphatic hydroxyl groups excluding tert-OH is 1. The Morgan fingerprint density at radius 1 is 0.793 bits per heavy atom. The van der Waals surface area contributed by atoms with Gasteiger partial charge in [0.2, 0.25) is 0 Å². The molecule has 1 aliphatic heterocycles. The van der Waals surface area contributed by atoms with E-state index < -0.39 is 6.10 Å². The molecule has 0 bridgehead atoms. The van der Waals surface area contributed by atoms with Gasteiger partial charge in [0.25, 0.3) is 0 Å². The number of rotatable bonds is 3. The minimum Gasteiger partial charge on any atom is -0.487 e. The Morgan fingerprint density at radius 2 is 1.34 bits per heavy atom. The lowest BCUT2D eigenvalue weighted by Crippen LogP contribution is -2.31. The van der Waals surface area contributed by atoms with Gasteiger partial charge in [0.15, 0.2) is 11.5 Å². The lowest BCUT2D eigenvalue weighted by atomic mass is 10.0. The maximum Gasteiger partial charge on any atom is 0.161 e. The molecule has 1 N–H and O–H groups in total. The molecule has 29 heavy (non-hydrogen) atoms. The second-order valence-electron chi connectivity index (χ2n) is 7.02. The van der Waals surface area contributed by atoms with Gasteiger partial charge in [-0.3, -0.25) is 4.90 Å². The van der Waals surface area contributed by atoms with Gasteiger partial charge in [-0.1, -0.05) is 36.4 Å². The van der Waals surface area contributed by atoms with Gasteiger partial charge in [0.1, 0.15) is 13.2 Å². The number of ether oxygens (including phenoxy) is 4. The van der Waals surface area contributed by atoms with E-state index in [1.807, 2.05) is 42.5 Å². The summed E-state index contributed by atoms with van der Waals surface area (Å²) in [4.78, 5) is 2.29. The molecule has 1 aliphatic rings. The molecule has 1 atom stereocenters. The Hall–Kier alpha value is -2.12. The van der Waals surface area contributed by atoms with Gasteiger partial charge < -0.3 is 24.1 Å². The van der Waals surface area contributed by atoms with Crippen LogP contribution in [0.5, 0.6) is 11.5 Å². The zero-order valence-corrected chi connectivity index (χ0v) is 17.1. The SMILES string of the molecule is CC(O)c1ccccc1CN1CCOCCOc2ccccc2OCCOCC1. The summed E-state index contributed by atoms with van der Waals surface area (Å²) in [7, 11) is 0. The highest BCUT2D eigenvalue weighted by atomic mass is 16.6. The van der Waals surface area contributed by atoms with Crippen molar-refractivity contribution in [2.24, 2.45) is 0 Å². The van der Waals surface area contributed by atoms with Crippen molar-refractivity contribution in [1.82, 2.24) is 4.90 Å². The van der Waals surface area contributed by atoms with Crippen molar-refractivity contribution in [1.29, 1.82) is 0 Å². The van der Waals surface area contributed by atoms with E-state index in [1.165, 1.54) is 0 Å². The van der Waals surface area contributed by atoms with Crippen LogP contribution in [0.25, 0.3) is 0 Å². The molecule has 0 spiro atoms. The minimum atomic E-state index is -0.488. The topological polar surface area (TPSA) is 60.4 Å². The van der Waals surface area contributed by atoms with Gasteiger partial charge in [-0.25, -0.2) is 0 Å². The predicted molar refractivity (Wildman–Crippen MR) is 111 cm³/mol. The predicted octanol–water partition coefficient (Wildman–Crippen LogP) is 3.05. The summed E-state index contributed by atoms with van der Waals surface area (Å²) in [6.07, 6.45) is -0.488. The summed E-state index contributed by atoms with van der Waals surface area (Å²) in [5, 5.41) is 10.0. The Bertz CT molecular complexity index is 702. The molecule has 2 aromatic carbocycles. The third-order valence-electron chi connectivity index (χ3n) is 4.82. The lowest BCUT2D eigenvalue weighted by molar-refractivity contribution is 0.0571. The molecular weight excluding hydrogens is 370 g/mol. The van der Waals surface area contributed by atoms with Crippen LogP contribution in [0.3, 0.4) is 0 Å². The van der Waals surface area contributed by atoms with Gasteiger partial charge in [-0.05, 0) is 30.2 Å². The van der Waals surface area contributed by atoms with E-state index >= 15 is 0 Å². The average molecular weight is 402 g/mol. The van der Waals surface area contributed by atoms with Gasteiger partial charge in [0.05, 0.1) is 32.5 Å². The van der Waals surface area contributed by atoms with Gasteiger partial charge >= 0.3 is 0 Å². The molecule has 2 aromatic rings. The third kappa shape index (κ3) is 7.01. The molecule has 0 saturated heterocycles. The average Bonchev–Trinajstić information content (AvgIpc) is 2.74. The highest BCUT2D eigenvalue weighted by molar-refractivity contribution is 5.39. The second kappa shape index (κ2) is 11.8. The zero-order valence-electron chi connectivity index (χ0n) is 17.1. The number of aliphatic hydroxyl groups is 1. The number of hydrogen-bond acceptors (Lipinski definition) is 6. The summed E-state index contributed by atoms with van der Waals surface area (Å²) in [5.41, 5.74) is 2.09. The third-order valence-corrected chi connectivity index (χ3v) is 4.82. The fourth-order valence-electron chi connectivity index (χ4n) is 3.30. The summed E-state index contributed by atoms with van der Waals surface area (Å²) in [6, 6.07) is 15.7. The fourth-order valence-corrected chi connectivity index (χ4v) is 3.30. The van der Waals surface area contributed by atoms with Gasteiger partial charge in [0, 0.05) is 19.6 Å². The van der Waals surface area contributed by atoms with E-state index in [9.17, 15) is 5.11 Å². The first kappa shape index (κ1) is 21.6. The molecule has 1 unspecified atom stereocenters. The maximum absolute atomic E-state index is 10.0. The Morgan fingerprint density at radius 3 is 1.93 bits per heavy atom. The molecule has 0 aromatic heterocycles. The van der Waals surface area contributed by atoms with Crippen molar-refractivity contribution in [3.63, 3.8) is 0 Å². The van der Waals surface area contributed by atoms with Crippen LogP contribution in [0.15, 0.2) is 48.5 Å². The van der Waals surface area contributed by atoms with Crippen LogP contribution < -0.4 is 9.47 Å². The summed E-state index contributed by atoms with van der Waals surface area (Å²) >= 11 is 0. The highest BCUT2D eigenvalue weighted by Crippen LogP contribution is 2.26. The Kier molecular flexibility index (Phi) is 8.77. The standard InChI is InChI=1S/C23H31NO5/c1-19(25)21-7-3-2-6-20(21)18-24-10-12-26-14-16-28-22-8-4-5-9-23(22)29-17-15-27-13-11-24/h2-9,19,25H,10-18H2,1H3. The van der Waals surface area contributed by atoms with Crippen LogP contribution in [0.2, 0.25) is 0 Å². The van der Waals surface area contributed by atoms with E-state index in [2.05, 4.69) is 11.0 Å². The molecule has 0 aliphatic carbocycles. The number of nitrogens with zero attached hydrogens (tertiary/aromatic N) is 1. The Labute approximate surface area is 173 Å². The first-order chi connectivity index (χ1) is 14.2. The quantitative estimate of drug-likeness (QED) is 0.853. The number of hydrogen-bond donors (Lipinski definition) is 1. The molecule has 1 heterocycles. The van der Waals surface area contributed by atoms with Gasteiger partial charge in [-0.2, -0.15) is 0 Å². The van der Waals surface area contributed by atoms with Crippen molar-refractivity contribution in [3.05, 3.63) is 59.7 Å². The van der Waals surface area contributed by atoms with Crippen molar-refractivity contribution in [2.45, 2.75) is 19.6 Å². The molecule has 158 valence electrons. The summed E-state index contributed by atoms with van der Waals surface area (Å²) in [6.45, 7) is 7.31. The van der Waals surface area contributed by atoms with Crippen LogP contribution >= 0.6 is 0 Å². The van der Waals surface area contributed by atoms with Crippen molar-refractivity contribution in [2.75, 3.05) is 52.7 Å². The second-order valence-corrected chi connectivity index (χ2v) is 7.02. The summed E-state index contributed by atoms with van der Waals surface area (Å²) in [5.74, 6) is 1.45. The van der Waals surface area contributed by atoms with E-state index in [0.717, 1.165) is 42.3 Å². The molecule has 0 fully saturated rings. The molecule has 0 radical (unpaired) electrons. The van der Waals surface area contributed by atoms with Crippen molar-refractivity contribution < 1.29 is 24.1 Å². The van der Waals surface area contributed by atoms with E-state index in [4.69, 9.17) is 18.9 Å². The number of fused-ring (bicyclic) bond motifs is 1. The molecule has 0 amide bonds. The largest absolute Gasteiger partial charge is 0.487 e. The van der Waals surface area contributed by atoms with Crippen molar-refractivity contribution >= 4 is 0 Å². The van der Waals surface area contributed by atoms with E-state index in [-0.39, 0.29) is 0 Å². The van der Waals surface area contributed by atoms with Crippen LogP contribution in [0.1, 0.15) is 24.2 Å². The molecule has 0 saturated carbocycles.